The fraction of sp³-hybridized carbons (Fsp3) is 0.457. The molecule has 1 aliphatic rings. The number of carbonyl (C=O) groups is 5. The summed E-state index contributed by atoms with van der Waals surface area (Å²) in [5.41, 5.74) is 7.47. The number of hydrogen-bond acceptors (Lipinski definition) is 6. The molecule has 12 nitrogen and oxygen atoms in total. The van der Waals surface area contributed by atoms with Crippen molar-refractivity contribution in [3.8, 4) is 0 Å². The van der Waals surface area contributed by atoms with E-state index in [1.165, 1.54) is 6.92 Å². The van der Waals surface area contributed by atoms with Crippen LogP contribution < -0.4 is 27.0 Å². The summed E-state index contributed by atoms with van der Waals surface area (Å²) in [4.78, 5) is 69.7. The molecule has 0 saturated heterocycles. The Morgan fingerprint density at radius 1 is 0.894 bits per heavy atom. The van der Waals surface area contributed by atoms with Crippen molar-refractivity contribution in [2.24, 2.45) is 17.6 Å². The molecule has 0 unspecified atom stereocenters. The summed E-state index contributed by atoms with van der Waals surface area (Å²) < 4.78 is 5.41. The molecule has 0 saturated carbocycles. The molecule has 7 N–H and O–H groups in total. The number of ether oxygens (including phenoxy) is 1. The zero-order valence-corrected chi connectivity index (χ0v) is 27.6. The molecule has 47 heavy (non-hydrogen) atoms. The van der Waals surface area contributed by atoms with Gasteiger partial charge in [0.05, 0.1) is 0 Å². The number of aromatic amines is 1. The van der Waals surface area contributed by atoms with Crippen LogP contribution in [0.5, 0.6) is 0 Å². The van der Waals surface area contributed by atoms with E-state index >= 15 is 0 Å². The lowest BCUT2D eigenvalue weighted by Gasteiger charge is -2.39. The van der Waals surface area contributed by atoms with Gasteiger partial charge in [0.25, 0.3) is 0 Å². The second-order valence-electron chi connectivity index (χ2n) is 12.8. The average Bonchev–Trinajstić information content (AvgIpc) is 3.42. The van der Waals surface area contributed by atoms with Gasteiger partial charge in [-0.15, -0.1) is 0 Å². The minimum atomic E-state index is -1.46. The molecular formula is C35H46N6O6. The lowest BCUT2D eigenvalue weighted by molar-refractivity contribution is -0.138. The van der Waals surface area contributed by atoms with Crippen molar-refractivity contribution in [2.45, 2.75) is 90.6 Å². The van der Waals surface area contributed by atoms with Gasteiger partial charge in [0.2, 0.25) is 23.6 Å². The summed E-state index contributed by atoms with van der Waals surface area (Å²) in [6, 6.07) is 14.0. The fourth-order valence-corrected chi connectivity index (χ4v) is 5.85. The maximum absolute atomic E-state index is 14.4. The Morgan fingerprint density at radius 3 is 2.23 bits per heavy atom. The highest BCUT2D eigenvalue weighted by atomic mass is 16.5. The molecule has 1 aliphatic carbocycles. The number of aryl methyl sites for hydroxylation is 1. The van der Waals surface area contributed by atoms with Crippen molar-refractivity contribution < 1.29 is 28.7 Å². The van der Waals surface area contributed by atoms with E-state index in [9.17, 15) is 24.0 Å². The Labute approximate surface area is 274 Å². The van der Waals surface area contributed by atoms with Gasteiger partial charge >= 0.3 is 6.09 Å². The second kappa shape index (κ2) is 15.1. The van der Waals surface area contributed by atoms with Crippen LogP contribution in [0.3, 0.4) is 0 Å². The highest BCUT2D eigenvalue weighted by Gasteiger charge is 2.46. The lowest BCUT2D eigenvalue weighted by atomic mass is 9.78. The smallest absolute Gasteiger partial charge is 0.408 e. The third-order valence-electron chi connectivity index (χ3n) is 8.98. The van der Waals surface area contributed by atoms with Crippen LogP contribution in [-0.2, 0) is 43.4 Å². The molecule has 0 bridgehead atoms. The second-order valence-corrected chi connectivity index (χ2v) is 12.8. The van der Waals surface area contributed by atoms with Crippen LogP contribution >= 0.6 is 0 Å². The maximum Gasteiger partial charge on any atom is 0.408 e. The van der Waals surface area contributed by atoms with Gasteiger partial charge in [0.15, 0.2) is 0 Å². The number of benzene rings is 2. The number of amides is 5. The number of carbonyl (C=O) groups excluding carboxylic acids is 5. The molecule has 2 aromatic carbocycles. The number of nitrogens with one attached hydrogen (secondary N) is 5. The van der Waals surface area contributed by atoms with Crippen molar-refractivity contribution in [1.82, 2.24) is 26.3 Å². The zero-order chi connectivity index (χ0) is 34.3. The molecule has 12 heteroatoms. The molecule has 0 radical (unpaired) electrons. The van der Waals surface area contributed by atoms with E-state index in [1.807, 2.05) is 68.4 Å². The Kier molecular flexibility index (Phi) is 11.3. The number of aromatic nitrogens is 1. The standard InChI is InChI=1S/C35H46N6O6/c1-6-21(4)29(40-34(46)47-19-23-12-8-7-9-13-23)32(44)41-35(17-16-27-25(18-35)24-14-10-11-15-26(24)38-27)33(45)39-28(20(2)3)31(43)37-22(5)30(36)42/h7-15,20-22,28-29,38H,6,16-19H2,1-5H3,(H2,36,42)(H,37,43)(H,39,45)(H,40,46)(H,41,44)/t21-,22-,28-,29-,35+/m0/s1. The first-order valence-corrected chi connectivity index (χ1v) is 16.1. The third-order valence-corrected chi connectivity index (χ3v) is 8.98. The highest BCUT2D eigenvalue weighted by molar-refractivity contribution is 5.98. The molecule has 5 atom stereocenters. The number of fused-ring (bicyclic) bond motifs is 3. The Morgan fingerprint density at radius 2 is 1.57 bits per heavy atom. The van der Waals surface area contributed by atoms with Gasteiger partial charge in [-0.05, 0) is 48.8 Å². The van der Waals surface area contributed by atoms with E-state index < -0.39 is 53.4 Å². The van der Waals surface area contributed by atoms with Crippen LogP contribution in [0.2, 0.25) is 0 Å². The summed E-state index contributed by atoms with van der Waals surface area (Å²) in [6.45, 7) is 8.78. The van der Waals surface area contributed by atoms with Gasteiger partial charge in [-0.1, -0.05) is 82.6 Å². The summed E-state index contributed by atoms with van der Waals surface area (Å²) in [5, 5.41) is 12.1. The molecule has 3 aromatic rings. The maximum atomic E-state index is 14.4. The van der Waals surface area contributed by atoms with Gasteiger partial charge < -0.3 is 36.7 Å². The Bertz CT molecular complexity index is 1600. The van der Waals surface area contributed by atoms with Gasteiger partial charge in [0, 0.05) is 23.0 Å². The fourth-order valence-electron chi connectivity index (χ4n) is 5.85. The van der Waals surface area contributed by atoms with E-state index in [0.717, 1.165) is 27.7 Å². The van der Waals surface area contributed by atoms with E-state index in [-0.39, 0.29) is 31.3 Å². The minimum absolute atomic E-state index is 0.0320. The van der Waals surface area contributed by atoms with Gasteiger partial charge in [-0.3, -0.25) is 19.2 Å². The minimum Gasteiger partial charge on any atom is -0.445 e. The summed E-state index contributed by atoms with van der Waals surface area (Å²) in [5.74, 6) is -3.01. The normalized spacial score (nSPS) is 18.3. The predicted octanol–water partition coefficient (Wildman–Crippen LogP) is 2.98. The van der Waals surface area contributed by atoms with E-state index in [4.69, 9.17) is 10.5 Å². The Hall–Kier alpha value is -4.87. The van der Waals surface area contributed by atoms with Crippen LogP contribution in [0, 0.1) is 11.8 Å². The van der Waals surface area contributed by atoms with Crippen molar-refractivity contribution in [3.05, 3.63) is 71.4 Å². The predicted molar refractivity (Wildman–Crippen MR) is 178 cm³/mol. The first-order valence-electron chi connectivity index (χ1n) is 16.1. The van der Waals surface area contributed by atoms with Crippen molar-refractivity contribution in [2.75, 3.05) is 0 Å². The number of alkyl carbamates (subject to hydrolysis) is 1. The highest BCUT2D eigenvalue weighted by Crippen LogP contribution is 2.35. The molecular weight excluding hydrogens is 600 g/mol. The molecule has 4 rings (SSSR count). The van der Waals surface area contributed by atoms with Gasteiger partial charge in [-0.2, -0.15) is 0 Å². The molecule has 1 heterocycles. The SMILES string of the molecule is CC[C@H](C)[C@H](NC(=O)OCc1ccccc1)C(=O)N[C@]1(C(=O)N[C@H](C(=O)N[C@@H](C)C(N)=O)C(C)C)CCc2[nH]c3ccccc3c2C1. The average molecular weight is 647 g/mol. The zero-order valence-electron chi connectivity index (χ0n) is 27.6. The molecule has 252 valence electrons. The quantitative estimate of drug-likeness (QED) is 0.166. The van der Waals surface area contributed by atoms with E-state index in [0.29, 0.717) is 12.8 Å². The first kappa shape index (κ1) is 35.0. The molecule has 0 fully saturated rings. The summed E-state index contributed by atoms with van der Waals surface area (Å²) in [7, 11) is 0. The first-order chi connectivity index (χ1) is 22.3. The molecule has 5 amide bonds. The number of rotatable bonds is 13. The number of primary amides is 1. The van der Waals surface area contributed by atoms with Crippen LogP contribution in [0.15, 0.2) is 54.6 Å². The Balaban J connectivity index is 1.63. The summed E-state index contributed by atoms with van der Waals surface area (Å²) >= 11 is 0. The van der Waals surface area contributed by atoms with Crippen molar-refractivity contribution >= 4 is 40.6 Å². The van der Waals surface area contributed by atoms with Gasteiger partial charge in [0.1, 0.15) is 30.3 Å². The van der Waals surface area contributed by atoms with Crippen LogP contribution in [0.1, 0.15) is 64.3 Å². The van der Waals surface area contributed by atoms with E-state index in [1.54, 1.807) is 13.8 Å². The van der Waals surface area contributed by atoms with Crippen molar-refractivity contribution in [3.63, 3.8) is 0 Å². The van der Waals surface area contributed by atoms with Crippen LogP contribution in [0.25, 0.3) is 10.9 Å². The van der Waals surface area contributed by atoms with Crippen LogP contribution in [0.4, 0.5) is 4.79 Å². The lowest BCUT2D eigenvalue weighted by Crippen LogP contribution is -2.67. The van der Waals surface area contributed by atoms with Crippen LogP contribution in [-0.4, -0.2) is 58.4 Å². The number of hydrogen-bond donors (Lipinski definition) is 6. The third kappa shape index (κ3) is 8.30. The number of nitrogens with two attached hydrogens (primary N) is 1. The summed E-state index contributed by atoms with van der Waals surface area (Å²) in [6.07, 6.45) is 0.654. The molecule has 0 spiro atoms. The number of para-hydroxylation sites is 1. The topological polar surface area (TPSA) is 185 Å². The van der Waals surface area contributed by atoms with Crippen molar-refractivity contribution in [1.29, 1.82) is 0 Å². The molecule has 0 aliphatic heterocycles. The van der Waals surface area contributed by atoms with E-state index in [2.05, 4.69) is 26.3 Å². The van der Waals surface area contributed by atoms with Gasteiger partial charge in [-0.25, -0.2) is 4.79 Å². The monoisotopic (exact) mass is 646 g/mol. The molecule has 1 aromatic heterocycles. The largest absolute Gasteiger partial charge is 0.445 e. The number of H-pyrrole nitrogens is 1.